The lowest BCUT2D eigenvalue weighted by molar-refractivity contribution is -0.155. The number of carbonyl (C=O) groups excluding carboxylic acids is 3. The Morgan fingerprint density at radius 2 is 2.13 bits per heavy atom. The Hall–Kier alpha value is -1.39. The van der Waals surface area contributed by atoms with E-state index in [9.17, 15) is 14.4 Å². The number of carbonyl (C=O) groups is 3. The van der Waals surface area contributed by atoms with Crippen LogP contribution in [0.5, 0.6) is 0 Å². The standard InChI is InChI=1S/C10H15NO4/c1-6(2)15-9(13)5-11-8(12)4-7(3)10(11)14/h6-7H,4-5H2,1-3H3. The van der Waals surface area contributed by atoms with Gasteiger partial charge in [0, 0.05) is 12.3 Å². The molecule has 0 bridgehead atoms. The fraction of sp³-hybridized carbons (Fsp3) is 0.700. The molecule has 1 rings (SSSR count). The van der Waals surface area contributed by atoms with E-state index in [1.807, 2.05) is 0 Å². The molecular formula is C10H15NO4. The van der Waals surface area contributed by atoms with Gasteiger partial charge in [0.15, 0.2) is 0 Å². The molecule has 0 aromatic rings. The SMILES string of the molecule is CC(C)OC(=O)CN1C(=O)CC(C)C1=O. The largest absolute Gasteiger partial charge is 0.462 e. The highest BCUT2D eigenvalue weighted by Crippen LogP contribution is 2.18. The van der Waals surface area contributed by atoms with Gasteiger partial charge in [0.05, 0.1) is 6.10 Å². The van der Waals surface area contributed by atoms with Crippen molar-refractivity contribution in [1.29, 1.82) is 0 Å². The van der Waals surface area contributed by atoms with E-state index in [1.54, 1.807) is 20.8 Å². The number of nitrogens with zero attached hydrogens (tertiary/aromatic N) is 1. The lowest BCUT2D eigenvalue weighted by atomic mass is 10.1. The molecule has 0 radical (unpaired) electrons. The van der Waals surface area contributed by atoms with Gasteiger partial charge >= 0.3 is 5.97 Å². The summed E-state index contributed by atoms with van der Waals surface area (Å²) in [6.07, 6.45) is -0.0453. The topological polar surface area (TPSA) is 63.7 Å². The second-order valence-electron chi connectivity index (χ2n) is 3.96. The minimum absolute atomic E-state index is 0.188. The second kappa shape index (κ2) is 4.42. The van der Waals surface area contributed by atoms with Gasteiger partial charge in [-0.05, 0) is 13.8 Å². The molecule has 5 heteroatoms. The maximum atomic E-state index is 11.4. The van der Waals surface area contributed by atoms with Crippen molar-refractivity contribution in [2.75, 3.05) is 6.54 Å². The smallest absolute Gasteiger partial charge is 0.326 e. The first-order valence-corrected chi connectivity index (χ1v) is 4.95. The van der Waals surface area contributed by atoms with Crippen LogP contribution in [0.3, 0.4) is 0 Å². The zero-order chi connectivity index (χ0) is 11.6. The third-order valence-electron chi connectivity index (χ3n) is 2.12. The normalized spacial score (nSPS) is 21.3. The lowest BCUT2D eigenvalue weighted by Gasteiger charge is -2.14. The van der Waals surface area contributed by atoms with Crippen LogP contribution in [-0.2, 0) is 19.1 Å². The van der Waals surface area contributed by atoms with E-state index in [0.29, 0.717) is 0 Å². The summed E-state index contributed by atoms with van der Waals surface area (Å²) in [7, 11) is 0. The van der Waals surface area contributed by atoms with Crippen LogP contribution < -0.4 is 0 Å². The van der Waals surface area contributed by atoms with Crippen molar-refractivity contribution in [2.24, 2.45) is 5.92 Å². The first kappa shape index (κ1) is 11.7. The van der Waals surface area contributed by atoms with Crippen LogP contribution in [0, 0.1) is 5.92 Å². The number of hydrogen-bond acceptors (Lipinski definition) is 4. The van der Waals surface area contributed by atoms with E-state index < -0.39 is 5.97 Å². The molecule has 0 aromatic heterocycles. The summed E-state index contributed by atoms with van der Waals surface area (Å²) < 4.78 is 4.86. The predicted octanol–water partition coefficient (Wildman–Crippen LogP) is 0.333. The Labute approximate surface area is 88.4 Å². The number of ether oxygens (including phenoxy) is 1. The predicted molar refractivity (Wildman–Crippen MR) is 51.7 cm³/mol. The molecule has 15 heavy (non-hydrogen) atoms. The highest BCUT2D eigenvalue weighted by molar-refractivity contribution is 6.05. The van der Waals surface area contributed by atoms with Crippen LogP contribution in [0.1, 0.15) is 27.2 Å². The molecular weight excluding hydrogens is 198 g/mol. The number of amides is 2. The van der Waals surface area contributed by atoms with E-state index in [0.717, 1.165) is 4.90 Å². The molecule has 0 aliphatic carbocycles. The van der Waals surface area contributed by atoms with E-state index in [-0.39, 0.29) is 36.8 Å². The highest BCUT2D eigenvalue weighted by Gasteiger charge is 2.36. The van der Waals surface area contributed by atoms with Crippen LogP contribution in [0.25, 0.3) is 0 Å². The summed E-state index contributed by atoms with van der Waals surface area (Å²) in [5.41, 5.74) is 0. The molecule has 1 unspecified atom stereocenters. The maximum absolute atomic E-state index is 11.4. The molecule has 0 aromatic carbocycles. The van der Waals surface area contributed by atoms with Gasteiger partial charge in [-0.25, -0.2) is 0 Å². The van der Waals surface area contributed by atoms with Crippen molar-refractivity contribution in [3.63, 3.8) is 0 Å². The Bertz CT molecular complexity index is 298. The quantitative estimate of drug-likeness (QED) is 0.500. The number of imide groups is 1. The lowest BCUT2D eigenvalue weighted by Crippen LogP contribution is -2.36. The van der Waals surface area contributed by atoms with Crippen molar-refractivity contribution in [2.45, 2.75) is 33.3 Å². The molecule has 0 spiro atoms. The Kier molecular flexibility index (Phi) is 3.44. The zero-order valence-corrected chi connectivity index (χ0v) is 9.15. The van der Waals surface area contributed by atoms with Crippen molar-refractivity contribution in [3.05, 3.63) is 0 Å². The molecule has 1 aliphatic heterocycles. The first-order chi connectivity index (χ1) is 6.91. The average Bonchev–Trinajstić information content (AvgIpc) is 2.31. The third kappa shape index (κ3) is 2.78. The monoisotopic (exact) mass is 213 g/mol. The van der Waals surface area contributed by atoms with Crippen molar-refractivity contribution < 1.29 is 19.1 Å². The van der Waals surface area contributed by atoms with Gasteiger partial charge in [-0.1, -0.05) is 6.92 Å². The molecule has 1 atom stereocenters. The summed E-state index contributed by atoms with van der Waals surface area (Å²) in [5.74, 6) is -1.45. The summed E-state index contributed by atoms with van der Waals surface area (Å²) >= 11 is 0. The van der Waals surface area contributed by atoms with Crippen LogP contribution >= 0.6 is 0 Å². The number of esters is 1. The molecule has 84 valence electrons. The zero-order valence-electron chi connectivity index (χ0n) is 9.15. The first-order valence-electron chi connectivity index (χ1n) is 4.95. The number of likely N-dealkylation sites (tertiary alicyclic amines) is 1. The molecule has 1 aliphatic rings. The summed E-state index contributed by atoms with van der Waals surface area (Å²) in [5, 5.41) is 0. The van der Waals surface area contributed by atoms with Gasteiger partial charge in [0.1, 0.15) is 6.54 Å². The molecule has 0 N–H and O–H groups in total. The van der Waals surface area contributed by atoms with Crippen LogP contribution in [0.15, 0.2) is 0 Å². The molecule has 1 fully saturated rings. The number of rotatable bonds is 3. The fourth-order valence-corrected chi connectivity index (χ4v) is 1.44. The minimum Gasteiger partial charge on any atom is -0.462 e. The van der Waals surface area contributed by atoms with Crippen molar-refractivity contribution in [3.8, 4) is 0 Å². The molecule has 2 amide bonds. The Morgan fingerprint density at radius 1 is 1.53 bits per heavy atom. The maximum Gasteiger partial charge on any atom is 0.326 e. The van der Waals surface area contributed by atoms with Crippen LogP contribution in [0.4, 0.5) is 0 Å². The van der Waals surface area contributed by atoms with Crippen molar-refractivity contribution >= 4 is 17.8 Å². The molecule has 0 saturated carbocycles. The summed E-state index contributed by atoms with van der Waals surface area (Å²) in [6, 6.07) is 0. The van der Waals surface area contributed by atoms with Crippen molar-refractivity contribution in [1.82, 2.24) is 4.90 Å². The third-order valence-corrected chi connectivity index (χ3v) is 2.12. The summed E-state index contributed by atoms with van der Waals surface area (Å²) in [4.78, 5) is 35.0. The van der Waals surface area contributed by atoms with Crippen LogP contribution in [-0.4, -0.2) is 35.3 Å². The van der Waals surface area contributed by atoms with E-state index in [4.69, 9.17) is 4.74 Å². The van der Waals surface area contributed by atoms with E-state index in [1.165, 1.54) is 0 Å². The van der Waals surface area contributed by atoms with Gasteiger partial charge in [-0.15, -0.1) is 0 Å². The van der Waals surface area contributed by atoms with Gasteiger partial charge in [0.2, 0.25) is 11.8 Å². The van der Waals surface area contributed by atoms with Gasteiger partial charge in [-0.2, -0.15) is 0 Å². The average molecular weight is 213 g/mol. The molecule has 1 heterocycles. The molecule has 5 nitrogen and oxygen atoms in total. The van der Waals surface area contributed by atoms with Crippen LogP contribution in [0.2, 0.25) is 0 Å². The van der Waals surface area contributed by atoms with Gasteiger partial charge in [0.25, 0.3) is 0 Å². The van der Waals surface area contributed by atoms with Gasteiger partial charge in [-0.3, -0.25) is 19.3 Å². The number of hydrogen-bond donors (Lipinski definition) is 0. The molecule has 1 saturated heterocycles. The van der Waals surface area contributed by atoms with E-state index in [2.05, 4.69) is 0 Å². The highest BCUT2D eigenvalue weighted by atomic mass is 16.5. The fourth-order valence-electron chi connectivity index (χ4n) is 1.44. The second-order valence-corrected chi connectivity index (χ2v) is 3.96. The Morgan fingerprint density at radius 3 is 2.53 bits per heavy atom. The van der Waals surface area contributed by atoms with E-state index >= 15 is 0 Å². The minimum atomic E-state index is -0.541. The van der Waals surface area contributed by atoms with Gasteiger partial charge < -0.3 is 4.74 Å². The Balaban J connectivity index is 2.55. The summed E-state index contributed by atoms with van der Waals surface area (Å²) in [6.45, 7) is 4.84.